The van der Waals surface area contributed by atoms with E-state index in [-0.39, 0.29) is 5.41 Å². The first-order valence-corrected chi connectivity index (χ1v) is 9.90. The van der Waals surface area contributed by atoms with Crippen LogP contribution in [-0.2, 0) is 4.79 Å². The fraction of sp³-hybridized carbons (Fsp3) is 0.950. The van der Waals surface area contributed by atoms with Gasteiger partial charge in [-0.05, 0) is 37.5 Å². The fourth-order valence-electron chi connectivity index (χ4n) is 5.39. The Morgan fingerprint density at radius 3 is 1.91 bits per heavy atom. The molecule has 0 radical (unpaired) electrons. The summed E-state index contributed by atoms with van der Waals surface area (Å²) in [6.07, 6.45) is 19.2. The van der Waals surface area contributed by atoms with Crippen LogP contribution in [0, 0.1) is 10.8 Å². The van der Waals surface area contributed by atoms with Crippen LogP contribution in [0.2, 0.25) is 0 Å². The normalized spacial score (nSPS) is 24.0. The third-order valence-corrected chi connectivity index (χ3v) is 6.70. The van der Waals surface area contributed by atoms with Crippen molar-refractivity contribution in [2.45, 2.75) is 110 Å². The van der Waals surface area contributed by atoms with Crippen LogP contribution >= 0.6 is 0 Å². The van der Waals surface area contributed by atoms with Gasteiger partial charge in [0.25, 0.3) is 0 Å². The van der Waals surface area contributed by atoms with Crippen molar-refractivity contribution in [1.29, 1.82) is 0 Å². The molecule has 2 aliphatic carbocycles. The van der Waals surface area contributed by atoms with Gasteiger partial charge < -0.3 is 5.11 Å². The second kappa shape index (κ2) is 8.36. The van der Waals surface area contributed by atoms with E-state index >= 15 is 0 Å². The minimum absolute atomic E-state index is 0.115. The molecule has 0 aromatic rings. The number of hydrogen-bond donors (Lipinski definition) is 1. The first-order chi connectivity index (χ1) is 10.7. The predicted octanol–water partition coefficient (Wildman–Crippen LogP) is 6.33. The molecule has 128 valence electrons. The van der Waals surface area contributed by atoms with E-state index in [1.165, 1.54) is 77.0 Å². The number of carboxylic acids is 1. The molecular weight excluding hydrogens is 272 g/mol. The van der Waals surface area contributed by atoms with Gasteiger partial charge in [0.1, 0.15) is 0 Å². The van der Waals surface area contributed by atoms with Gasteiger partial charge in [0, 0.05) is 0 Å². The lowest BCUT2D eigenvalue weighted by atomic mass is 9.50. The van der Waals surface area contributed by atoms with E-state index in [2.05, 4.69) is 6.92 Å². The van der Waals surface area contributed by atoms with E-state index in [1.807, 2.05) is 0 Å². The molecule has 0 bridgehead atoms. The lowest BCUT2D eigenvalue weighted by Crippen LogP contribution is -2.50. The number of hydrogen-bond acceptors (Lipinski definition) is 1. The Balaban J connectivity index is 2.10. The van der Waals surface area contributed by atoms with Crippen molar-refractivity contribution in [3.05, 3.63) is 0 Å². The number of unbranched alkanes of at least 4 members (excludes halogenated alkanes) is 4. The van der Waals surface area contributed by atoms with Crippen molar-refractivity contribution in [3.8, 4) is 0 Å². The molecule has 0 unspecified atom stereocenters. The van der Waals surface area contributed by atoms with Crippen molar-refractivity contribution in [1.82, 2.24) is 0 Å². The van der Waals surface area contributed by atoms with Crippen molar-refractivity contribution < 1.29 is 9.90 Å². The maximum atomic E-state index is 12.3. The van der Waals surface area contributed by atoms with Crippen LogP contribution < -0.4 is 0 Å². The van der Waals surface area contributed by atoms with Crippen LogP contribution in [0.3, 0.4) is 0 Å². The molecule has 0 aromatic carbocycles. The minimum Gasteiger partial charge on any atom is -0.481 e. The van der Waals surface area contributed by atoms with E-state index in [0.29, 0.717) is 0 Å². The summed E-state index contributed by atoms with van der Waals surface area (Å²) >= 11 is 0. The number of aliphatic carboxylic acids is 1. The van der Waals surface area contributed by atoms with Crippen molar-refractivity contribution in [2.75, 3.05) is 0 Å². The Hall–Kier alpha value is -0.530. The van der Waals surface area contributed by atoms with Gasteiger partial charge in [0.2, 0.25) is 0 Å². The Morgan fingerprint density at radius 2 is 1.36 bits per heavy atom. The number of rotatable bonds is 8. The highest BCUT2D eigenvalue weighted by atomic mass is 16.4. The standard InChI is InChI=1S/C20H36O2/c1-2-3-4-5-8-13-19(14-9-6-10-15-19)20(18(21)22)16-11-7-12-17-20/h2-17H2,1H3,(H,21,22). The molecule has 0 saturated heterocycles. The summed E-state index contributed by atoms with van der Waals surface area (Å²) < 4.78 is 0. The summed E-state index contributed by atoms with van der Waals surface area (Å²) in [7, 11) is 0. The zero-order valence-electron chi connectivity index (χ0n) is 14.7. The van der Waals surface area contributed by atoms with Gasteiger partial charge in [-0.1, -0.05) is 77.6 Å². The maximum Gasteiger partial charge on any atom is 0.310 e. The first kappa shape index (κ1) is 17.8. The van der Waals surface area contributed by atoms with Crippen LogP contribution in [0.1, 0.15) is 110 Å². The molecule has 0 amide bonds. The highest BCUT2D eigenvalue weighted by Crippen LogP contribution is 2.59. The highest BCUT2D eigenvalue weighted by molar-refractivity contribution is 5.76. The van der Waals surface area contributed by atoms with Crippen LogP contribution in [-0.4, -0.2) is 11.1 Å². The van der Waals surface area contributed by atoms with Crippen LogP contribution in [0.4, 0.5) is 0 Å². The molecule has 0 aromatic heterocycles. The predicted molar refractivity (Wildman–Crippen MR) is 92.0 cm³/mol. The Morgan fingerprint density at radius 1 is 0.818 bits per heavy atom. The lowest BCUT2D eigenvalue weighted by molar-refractivity contribution is -0.166. The molecule has 2 saturated carbocycles. The highest BCUT2D eigenvalue weighted by Gasteiger charge is 2.55. The molecule has 2 nitrogen and oxygen atoms in total. The molecule has 22 heavy (non-hydrogen) atoms. The van der Waals surface area contributed by atoms with E-state index in [0.717, 1.165) is 25.7 Å². The maximum absolute atomic E-state index is 12.3. The zero-order chi connectivity index (χ0) is 15.9. The summed E-state index contributed by atoms with van der Waals surface area (Å²) in [5.74, 6) is -0.470. The van der Waals surface area contributed by atoms with Gasteiger partial charge >= 0.3 is 5.97 Å². The largest absolute Gasteiger partial charge is 0.481 e. The van der Waals surface area contributed by atoms with Gasteiger partial charge in [-0.15, -0.1) is 0 Å². The molecule has 2 rings (SSSR count). The Kier molecular flexibility index (Phi) is 6.77. The molecule has 2 heteroatoms. The van der Waals surface area contributed by atoms with Crippen molar-refractivity contribution >= 4 is 5.97 Å². The summed E-state index contributed by atoms with van der Waals surface area (Å²) in [6, 6.07) is 0. The number of carbonyl (C=O) groups is 1. The van der Waals surface area contributed by atoms with Crippen LogP contribution in [0.5, 0.6) is 0 Å². The van der Waals surface area contributed by atoms with Crippen molar-refractivity contribution in [3.63, 3.8) is 0 Å². The first-order valence-electron chi connectivity index (χ1n) is 9.90. The second-order valence-corrected chi connectivity index (χ2v) is 7.95. The smallest absolute Gasteiger partial charge is 0.310 e. The van der Waals surface area contributed by atoms with Crippen molar-refractivity contribution in [2.24, 2.45) is 10.8 Å². The number of carboxylic acid groups (broad SMARTS) is 1. The SMILES string of the molecule is CCCCCCCC1(C2(C(=O)O)CCCCC2)CCCCC1. The monoisotopic (exact) mass is 308 g/mol. The molecule has 2 aliphatic rings. The van der Waals surface area contributed by atoms with E-state index in [1.54, 1.807) is 0 Å². The Bertz CT molecular complexity index is 336. The summed E-state index contributed by atoms with van der Waals surface area (Å²) in [5, 5.41) is 10.1. The molecule has 0 spiro atoms. The van der Waals surface area contributed by atoms with Gasteiger partial charge in [-0.2, -0.15) is 0 Å². The average Bonchev–Trinajstić information content (AvgIpc) is 2.56. The molecule has 0 atom stereocenters. The molecule has 2 fully saturated rings. The van der Waals surface area contributed by atoms with Gasteiger partial charge in [0.05, 0.1) is 5.41 Å². The quantitative estimate of drug-likeness (QED) is 0.532. The molecule has 0 heterocycles. The van der Waals surface area contributed by atoms with Gasteiger partial charge in [0.15, 0.2) is 0 Å². The second-order valence-electron chi connectivity index (χ2n) is 7.95. The topological polar surface area (TPSA) is 37.3 Å². The fourth-order valence-corrected chi connectivity index (χ4v) is 5.39. The summed E-state index contributed by atoms with van der Waals surface area (Å²) in [5.41, 5.74) is -0.278. The molecular formula is C20H36O2. The third kappa shape index (κ3) is 3.68. The summed E-state index contributed by atoms with van der Waals surface area (Å²) in [6.45, 7) is 2.25. The van der Waals surface area contributed by atoms with Gasteiger partial charge in [-0.3, -0.25) is 4.79 Å². The minimum atomic E-state index is -0.470. The average molecular weight is 309 g/mol. The third-order valence-electron chi connectivity index (χ3n) is 6.70. The van der Waals surface area contributed by atoms with Crippen LogP contribution in [0.25, 0.3) is 0 Å². The molecule has 1 N–H and O–H groups in total. The molecule has 0 aliphatic heterocycles. The van der Waals surface area contributed by atoms with E-state index < -0.39 is 11.4 Å². The van der Waals surface area contributed by atoms with Gasteiger partial charge in [-0.25, -0.2) is 0 Å². The van der Waals surface area contributed by atoms with Crippen LogP contribution in [0.15, 0.2) is 0 Å². The van der Waals surface area contributed by atoms with E-state index in [9.17, 15) is 9.90 Å². The van der Waals surface area contributed by atoms with E-state index in [4.69, 9.17) is 0 Å². The summed E-state index contributed by atoms with van der Waals surface area (Å²) in [4.78, 5) is 12.3. The Labute approximate surface area is 137 Å². The lowest BCUT2D eigenvalue weighted by Gasteiger charge is -2.52. The zero-order valence-corrected chi connectivity index (χ0v) is 14.7.